The van der Waals surface area contributed by atoms with E-state index >= 15 is 0 Å². The van der Waals surface area contributed by atoms with E-state index in [2.05, 4.69) is 20.9 Å². The highest BCUT2D eigenvalue weighted by atomic mass is 16.2. The van der Waals surface area contributed by atoms with Crippen molar-refractivity contribution in [1.29, 1.82) is 0 Å². The van der Waals surface area contributed by atoms with Crippen molar-refractivity contribution < 1.29 is 4.79 Å². The number of nitrogens with one attached hydrogen (secondary N) is 2. The summed E-state index contributed by atoms with van der Waals surface area (Å²) in [6, 6.07) is -0.0796. The Labute approximate surface area is 94.8 Å². The molecule has 0 saturated heterocycles. The van der Waals surface area contributed by atoms with Gasteiger partial charge in [-0.2, -0.15) is 0 Å². The molecule has 7 nitrogen and oxygen atoms in total. The van der Waals surface area contributed by atoms with E-state index < -0.39 is 0 Å². The molecule has 7 heteroatoms. The number of nitrogens with zero attached hydrogens (tertiary/aromatic N) is 4. The summed E-state index contributed by atoms with van der Waals surface area (Å²) in [7, 11) is 5.27. The summed E-state index contributed by atoms with van der Waals surface area (Å²) in [6.45, 7) is 2.01. The van der Waals surface area contributed by atoms with Crippen molar-refractivity contribution in [2.45, 2.75) is 6.54 Å². The van der Waals surface area contributed by atoms with E-state index in [-0.39, 0.29) is 6.03 Å². The Morgan fingerprint density at radius 2 is 2.25 bits per heavy atom. The molecule has 1 rings (SSSR count). The van der Waals surface area contributed by atoms with Crippen LogP contribution < -0.4 is 10.6 Å². The Kier molecular flexibility index (Phi) is 4.71. The molecular weight excluding hydrogens is 208 g/mol. The first-order valence-electron chi connectivity index (χ1n) is 5.10. The molecule has 1 heterocycles. The van der Waals surface area contributed by atoms with Crippen LogP contribution in [0.3, 0.4) is 0 Å². The summed E-state index contributed by atoms with van der Waals surface area (Å²) in [4.78, 5) is 12.7. The molecule has 0 aliphatic rings. The molecule has 16 heavy (non-hydrogen) atoms. The summed E-state index contributed by atoms with van der Waals surface area (Å²) in [5.41, 5.74) is 1.01. The van der Waals surface area contributed by atoms with Gasteiger partial charge in [0.1, 0.15) is 0 Å². The highest BCUT2D eigenvalue weighted by Gasteiger charge is 2.01. The maximum atomic E-state index is 11.2. The second-order valence-electron chi connectivity index (χ2n) is 3.65. The minimum Gasteiger partial charge on any atom is -0.337 e. The number of carbonyl (C=O) groups is 1. The van der Waals surface area contributed by atoms with Crippen molar-refractivity contribution in [3.63, 3.8) is 0 Å². The van der Waals surface area contributed by atoms with Gasteiger partial charge in [-0.25, -0.2) is 4.79 Å². The van der Waals surface area contributed by atoms with Crippen molar-refractivity contribution in [2.75, 3.05) is 27.2 Å². The number of urea groups is 1. The van der Waals surface area contributed by atoms with Gasteiger partial charge in [0.2, 0.25) is 0 Å². The smallest absolute Gasteiger partial charge is 0.316 e. The molecule has 0 aliphatic heterocycles. The van der Waals surface area contributed by atoms with Crippen LogP contribution >= 0.6 is 0 Å². The molecule has 2 N–H and O–H groups in total. The van der Waals surface area contributed by atoms with E-state index in [4.69, 9.17) is 0 Å². The zero-order chi connectivity index (χ0) is 12.0. The normalized spacial score (nSPS) is 10.2. The van der Waals surface area contributed by atoms with E-state index in [1.807, 2.05) is 7.05 Å². The molecule has 0 aromatic carbocycles. The van der Waals surface area contributed by atoms with Crippen LogP contribution in [0.4, 0.5) is 4.79 Å². The third-order valence-electron chi connectivity index (χ3n) is 2.10. The van der Waals surface area contributed by atoms with Gasteiger partial charge in [0.25, 0.3) is 0 Å². The summed E-state index contributed by atoms with van der Waals surface area (Å²) >= 11 is 0. The lowest BCUT2D eigenvalue weighted by molar-refractivity contribution is 0.217. The number of carbonyl (C=O) groups excluding carboxylic acids is 1. The first-order chi connectivity index (χ1) is 7.61. The lowest BCUT2D eigenvalue weighted by Gasteiger charge is -2.12. The summed E-state index contributed by atoms with van der Waals surface area (Å²) in [5.74, 6) is 0. The maximum absolute atomic E-state index is 11.2. The van der Waals surface area contributed by atoms with Gasteiger partial charge in [-0.1, -0.05) is 5.21 Å². The molecule has 0 saturated carbocycles. The zero-order valence-electron chi connectivity index (χ0n) is 9.90. The third-order valence-corrected chi connectivity index (χ3v) is 2.10. The number of amides is 2. The molecule has 1 aromatic rings. The minimum atomic E-state index is -0.0796. The summed E-state index contributed by atoms with van der Waals surface area (Å²) in [6.07, 6.45) is 1.71. The van der Waals surface area contributed by atoms with Crippen LogP contribution in [-0.2, 0) is 13.6 Å². The first-order valence-corrected chi connectivity index (χ1v) is 5.10. The SMILES string of the molecule is CN(C)C(=O)NCCNCc1cnnn1C. The first kappa shape index (κ1) is 12.4. The van der Waals surface area contributed by atoms with Crippen molar-refractivity contribution in [1.82, 2.24) is 30.5 Å². The highest BCUT2D eigenvalue weighted by molar-refractivity contribution is 5.73. The van der Waals surface area contributed by atoms with Crippen LogP contribution in [0.15, 0.2) is 6.20 Å². The quantitative estimate of drug-likeness (QED) is 0.643. The van der Waals surface area contributed by atoms with Gasteiger partial charge in [0.15, 0.2) is 0 Å². The van der Waals surface area contributed by atoms with Crippen molar-refractivity contribution in [3.05, 3.63) is 11.9 Å². The second-order valence-corrected chi connectivity index (χ2v) is 3.65. The molecule has 0 atom stereocenters. The Morgan fingerprint density at radius 1 is 1.50 bits per heavy atom. The maximum Gasteiger partial charge on any atom is 0.316 e. The molecule has 0 aliphatic carbocycles. The molecule has 1 aromatic heterocycles. The predicted molar refractivity (Wildman–Crippen MR) is 59.8 cm³/mol. The van der Waals surface area contributed by atoms with E-state index in [1.54, 1.807) is 25.0 Å². The molecule has 0 fully saturated rings. The van der Waals surface area contributed by atoms with E-state index in [1.165, 1.54) is 4.90 Å². The van der Waals surface area contributed by atoms with Gasteiger partial charge in [0.05, 0.1) is 11.9 Å². The van der Waals surface area contributed by atoms with Crippen LogP contribution in [0.5, 0.6) is 0 Å². The molecule has 0 bridgehead atoms. The van der Waals surface area contributed by atoms with Crippen molar-refractivity contribution in [2.24, 2.45) is 7.05 Å². The standard InChI is InChI=1S/C9H18N6O/c1-14(2)9(16)11-5-4-10-6-8-7-12-13-15(8)3/h7,10H,4-6H2,1-3H3,(H,11,16). The third kappa shape index (κ3) is 3.85. The van der Waals surface area contributed by atoms with Crippen molar-refractivity contribution >= 4 is 6.03 Å². The minimum absolute atomic E-state index is 0.0796. The molecule has 90 valence electrons. The predicted octanol–water partition coefficient (Wildman–Crippen LogP) is -0.824. The fourth-order valence-corrected chi connectivity index (χ4v) is 1.10. The van der Waals surface area contributed by atoms with E-state index in [0.29, 0.717) is 19.6 Å². The van der Waals surface area contributed by atoms with Crippen molar-refractivity contribution in [3.8, 4) is 0 Å². The van der Waals surface area contributed by atoms with Crippen LogP contribution in [0.1, 0.15) is 5.69 Å². The largest absolute Gasteiger partial charge is 0.337 e. The number of aromatic nitrogens is 3. The Morgan fingerprint density at radius 3 is 2.81 bits per heavy atom. The van der Waals surface area contributed by atoms with Gasteiger partial charge in [0, 0.05) is 40.8 Å². The van der Waals surface area contributed by atoms with Crippen LogP contribution in [0.25, 0.3) is 0 Å². The Balaban J connectivity index is 2.09. The molecule has 0 unspecified atom stereocenters. The lowest BCUT2D eigenvalue weighted by atomic mass is 10.4. The summed E-state index contributed by atoms with van der Waals surface area (Å²) in [5, 5.41) is 13.5. The number of hydrogen-bond donors (Lipinski definition) is 2. The fraction of sp³-hybridized carbons (Fsp3) is 0.667. The number of rotatable bonds is 5. The van der Waals surface area contributed by atoms with Crippen LogP contribution in [0.2, 0.25) is 0 Å². The topological polar surface area (TPSA) is 75.1 Å². The lowest BCUT2D eigenvalue weighted by Crippen LogP contribution is -2.38. The Bertz CT molecular complexity index is 334. The average Bonchev–Trinajstić information content (AvgIpc) is 2.63. The highest BCUT2D eigenvalue weighted by Crippen LogP contribution is 1.90. The monoisotopic (exact) mass is 226 g/mol. The van der Waals surface area contributed by atoms with Gasteiger partial charge in [-0.15, -0.1) is 5.10 Å². The fourth-order valence-electron chi connectivity index (χ4n) is 1.10. The second kappa shape index (κ2) is 6.06. The molecule has 0 radical (unpaired) electrons. The van der Waals surface area contributed by atoms with Crippen LogP contribution in [0, 0.1) is 0 Å². The average molecular weight is 226 g/mol. The van der Waals surface area contributed by atoms with Gasteiger partial charge in [-0.3, -0.25) is 4.68 Å². The van der Waals surface area contributed by atoms with Crippen LogP contribution in [-0.4, -0.2) is 53.1 Å². The number of aryl methyl sites for hydroxylation is 1. The Hall–Kier alpha value is -1.63. The van der Waals surface area contributed by atoms with Gasteiger partial charge < -0.3 is 15.5 Å². The molecule has 2 amide bonds. The molecule has 0 spiro atoms. The zero-order valence-corrected chi connectivity index (χ0v) is 9.90. The van der Waals surface area contributed by atoms with E-state index in [0.717, 1.165) is 5.69 Å². The number of hydrogen-bond acceptors (Lipinski definition) is 4. The van der Waals surface area contributed by atoms with E-state index in [9.17, 15) is 4.79 Å². The molecular formula is C9H18N6O. The van der Waals surface area contributed by atoms with Gasteiger partial charge in [-0.05, 0) is 0 Å². The van der Waals surface area contributed by atoms with Gasteiger partial charge >= 0.3 is 6.03 Å². The summed E-state index contributed by atoms with van der Waals surface area (Å²) < 4.78 is 1.71.